The molecule has 0 aliphatic rings. The van der Waals surface area contributed by atoms with E-state index in [1.165, 1.54) is 13.8 Å². The van der Waals surface area contributed by atoms with Crippen LogP contribution in [0, 0.1) is 6.92 Å². The Balaban J connectivity index is 2.29. The number of carboxylic acid groups (broad SMARTS) is 1. The van der Waals surface area contributed by atoms with E-state index in [2.05, 4.69) is 10.3 Å². The maximum atomic E-state index is 12.0. The van der Waals surface area contributed by atoms with Crippen molar-refractivity contribution >= 4 is 22.8 Å². The minimum atomic E-state index is -1.30. The molecule has 2 rings (SSSR count). The smallest absolute Gasteiger partial charge is 0.328 e. The van der Waals surface area contributed by atoms with Gasteiger partial charge in [0.2, 0.25) is 0 Å². The number of carbonyl (C=O) groups is 2. The summed E-state index contributed by atoms with van der Waals surface area (Å²) >= 11 is 0. The Morgan fingerprint density at radius 3 is 2.58 bits per heavy atom. The molecule has 1 amide bonds. The monoisotopic (exact) mass is 260 g/mol. The van der Waals surface area contributed by atoms with Gasteiger partial charge in [0.15, 0.2) is 0 Å². The van der Waals surface area contributed by atoms with E-state index in [9.17, 15) is 9.59 Å². The Labute approximate surface area is 110 Å². The largest absolute Gasteiger partial charge is 0.480 e. The van der Waals surface area contributed by atoms with Crippen LogP contribution in [0.15, 0.2) is 24.3 Å². The highest BCUT2D eigenvalue weighted by molar-refractivity contribution is 6.00. The molecule has 0 saturated heterocycles. The Kier molecular flexibility index (Phi) is 3.06. The molecule has 0 atom stereocenters. The first-order chi connectivity index (χ1) is 8.79. The van der Waals surface area contributed by atoms with Crippen LogP contribution in [-0.4, -0.2) is 27.5 Å². The van der Waals surface area contributed by atoms with Gasteiger partial charge < -0.3 is 15.4 Å². The summed E-state index contributed by atoms with van der Waals surface area (Å²) in [6.07, 6.45) is 0. The Morgan fingerprint density at radius 2 is 1.95 bits per heavy atom. The van der Waals surface area contributed by atoms with Gasteiger partial charge in [-0.2, -0.15) is 0 Å². The fraction of sp³-hybridized carbons (Fsp3) is 0.286. The van der Waals surface area contributed by atoms with Crippen molar-refractivity contribution in [2.24, 2.45) is 0 Å². The summed E-state index contributed by atoms with van der Waals surface area (Å²) in [5.74, 6) is -1.51. The molecule has 19 heavy (non-hydrogen) atoms. The molecule has 0 bridgehead atoms. The average Bonchev–Trinajstić information content (AvgIpc) is 2.71. The molecule has 0 fully saturated rings. The van der Waals surface area contributed by atoms with Gasteiger partial charge in [-0.25, -0.2) is 4.79 Å². The van der Waals surface area contributed by atoms with Crippen LogP contribution in [-0.2, 0) is 4.79 Å². The van der Waals surface area contributed by atoms with Crippen molar-refractivity contribution in [3.63, 3.8) is 0 Å². The second-order valence-electron chi connectivity index (χ2n) is 5.16. The van der Waals surface area contributed by atoms with Gasteiger partial charge in [-0.15, -0.1) is 0 Å². The van der Waals surface area contributed by atoms with E-state index in [1.807, 2.05) is 25.1 Å². The molecule has 0 saturated carbocycles. The lowest BCUT2D eigenvalue weighted by molar-refractivity contribution is -0.143. The van der Waals surface area contributed by atoms with Crippen LogP contribution in [0.5, 0.6) is 0 Å². The highest BCUT2D eigenvalue weighted by Gasteiger charge is 2.29. The van der Waals surface area contributed by atoms with E-state index >= 15 is 0 Å². The molecular weight excluding hydrogens is 244 g/mol. The Morgan fingerprint density at radius 1 is 1.26 bits per heavy atom. The van der Waals surface area contributed by atoms with Crippen LogP contribution in [0.4, 0.5) is 0 Å². The predicted octanol–water partition coefficient (Wildman–Crippen LogP) is 2.07. The third kappa shape index (κ3) is 2.59. The number of fused-ring (bicyclic) bond motifs is 1. The number of H-pyrrole nitrogens is 1. The zero-order valence-corrected chi connectivity index (χ0v) is 11.1. The van der Waals surface area contributed by atoms with Crippen LogP contribution < -0.4 is 5.32 Å². The molecule has 100 valence electrons. The third-order valence-corrected chi connectivity index (χ3v) is 2.98. The molecule has 0 aliphatic heterocycles. The first-order valence-electron chi connectivity index (χ1n) is 5.95. The van der Waals surface area contributed by atoms with E-state index in [0.717, 1.165) is 16.5 Å². The number of aryl methyl sites for hydroxylation is 1. The number of benzene rings is 1. The van der Waals surface area contributed by atoms with Gasteiger partial charge in [0.05, 0.1) is 0 Å². The average molecular weight is 260 g/mol. The number of aliphatic carboxylic acids is 1. The number of nitrogens with one attached hydrogen (secondary N) is 2. The molecule has 0 spiro atoms. The molecule has 0 aliphatic carbocycles. The summed E-state index contributed by atoms with van der Waals surface area (Å²) in [5.41, 5.74) is 1.00. The molecule has 2 aromatic rings. The van der Waals surface area contributed by atoms with Crippen molar-refractivity contribution in [3.8, 4) is 0 Å². The zero-order valence-electron chi connectivity index (χ0n) is 11.1. The fourth-order valence-electron chi connectivity index (χ4n) is 1.77. The first-order valence-corrected chi connectivity index (χ1v) is 5.95. The molecule has 5 heteroatoms. The van der Waals surface area contributed by atoms with Gasteiger partial charge in [0, 0.05) is 10.9 Å². The van der Waals surface area contributed by atoms with Crippen LogP contribution >= 0.6 is 0 Å². The summed E-state index contributed by atoms with van der Waals surface area (Å²) in [7, 11) is 0. The number of carboxylic acids is 1. The Hall–Kier alpha value is -2.30. The highest BCUT2D eigenvalue weighted by atomic mass is 16.4. The molecule has 1 heterocycles. The van der Waals surface area contributed by atoms with Gasteiger partial charge in [-0.3, -0.25) is 4.79 Å². The van der Waals surface area contributed by atoms with Gasteiger partial charge in [0.1, 0.15) is 11.2 Å². The number of amides is 1. The third-order valence-electron chi connectivity index (χ3n) is 2.98. The van der Waals surface area contributed by atoms with Gasteiger partial charge in [-0.05, 0) is 38.5 Å². The number of aromatic amines is 1. The van der Waals surface area contributed by atoms with Crippen molar-refractivity contribution in [3.05, 3.63) is 35.5 Å². The molecule has 5 nitrogen and oxygen atoms in total. The predicted molar refractivity (Wildman–Crippen MR) is 72.2 cm³/mol. The first kappa shape index (κ1) is 13.1. The van der Waals surface area contributed by atoms with Crippen molar-refractivity contribution in [2.75, 3.05) is 0 Å². The van der Waals surface area contributed by atoms with Crippen molar-refractivity contribution < 1.29 is 14.7 Å². The van der Waals surface area contributed by atoms with Gasteiger partial charge in [0.25, 0.3) is 5.91 Å². The van der Waals surface area contributed by atoms with E-state index in [0.29, 0.717) is 5.69 Å². The van der Waals surface area contributed by atoms with Crippen molar-refractivity contribution in [2.45, 2.75) is 26.3 Å². The van der Waals surface area contributed by atoms with Gasteiger partial charge >= 0.3 is 5.97 Å². The molecular formula is C14H16N2O3. The summed E-state index contributed by atoms with van der Waals surface area (Å²) in [6, 6.07) is 7.52. The summed E-state index contributed by atoms with van der Waals surface area (Å²) in [6.45, 7) is 4.85. The Bertz CT molecular complexity index is 656. The lowest BCUT2D eigenvalue weighted by Gasteiger charge is -2.20. The normalized spacial score (nSPS) is 11.5. The molecule has 1 aromatic carbocycles. The van der Waals surface area contributed by atoms with Gasteiger partial charge in [-0.1, -0.05) is 12.1 Å². The number of rotatable bonds is 3. The molecule has 1 aromatic heterocycles. The number of carbonyl (C=O) groups excluding carboxylic acids is 1. The standard InChI is InChI=1S/C14H16N2O3/c1-8-4-5-9-7-11(15-10(9)6-8)12(17)16-14(2,3)13(18)19/h4-7,15H,1-3H3,(H,16,17)(H,18,19). The minimum absolute atomic E-state index is 0.356. The second-order valence-corrected chi connectivity index (χ2v) is 5.16. The number of hydrogen-bond acceptors (Lipinski definition) is 2. The highest BCUT2D eigenvalue weighted by Crippen LogP contribution is 2.17. The SMILES string of the molecule is Cc1ccc2cc(C(=O)NC(C)(C)C(=O)O)[nH]c2c1. The second kappa shape index (κ2) is 4.42. The van der Waals surface area contributed by atoms with E-state index in [-0.39, 0.29) is 0 Å². The summed E-state index contributed by atoms with van der Waals surface area (Å²) in [4.78, 5) is 26.0. The quantitative estimate of drug-likeness (QED) is 0.790. The zero-order chi connectivity index (χ0) is 14.2. The molecule has 3 N–H and O–H groups in total. The lowest BCUT2D eigenvalue weighted by atomic mass is 10.1. The van der Waals surface area contributed by atoms with E-state index in [1.54, 1.807) is 6.07 Å². The fourth-order valence-corrected chi connectivity index (χ4v) is 1.77. The summed E-state index contributed by atoms with van der Waals surface area (Å²) in [5, 5.41) is 12.4. The van der Waals surface area contributed by atoms with Crippen molar-refractivity contribution in [1.82, 2.24) is 10.3 Å². The number of aromatic nitrogens is 1. The summed E-state index contributed by atoms with van der Waals surface area (Å²) < 4.78 is 0. The van der Waals surface area contributed by atoms with Crippen LogP contribution in [0.1, 0.15) is 29.9 Å². The minimum Gasteiger partial charge on any atom is -0.480 e. The van der Waals surface area contributed by atoms with Crippen LogP contribution in [0.2, 0.25) is 0 Å². The number of hydrogen-bond donors (Lipinski definition) is 3. The van der Waals surface area contributed by atoms with E-state index < -0.39 is 17.4 Å². The maximum absolute atomic E-state index is 12.0. The van der Waals surface area contributed by atoms with Crippen LogP contribution in [0.25, 0.3) is 10.9 Å². The maximum Gasteiger partial charge on any atom is 0.328 e. The van der Waals surface area contributed by atoms with Crippen LogP contribution in [0.3, 0.4) is 0 Å². The van der Waals surface area contributed by atoms with Crippen molar-refractivity contribution in [1.29, 1.82) is 0 Å². The van der Waals surface area contributed by atoms with E-state index in [4.69, 9.17) is 5.11 Å². The molecule has 0 unspecified atom stereocenters. The lowest BCUT2D eigenvalue weighted by Crippen LogP contribution is -2.49. The molecule has 0 radical (unpaired) electrons. The topological polar surface area (TPSA) is 82.2 Å².